The molecular weight excluding hydrogens is 198 g/mol. The number of likely N-dealkylation sites (N-methyl/N-ethyl adjacent to an activating group) is 1. The Morgan fingerprint density at radius 3 is 2.62 bits per heavy atom. The quantitative estimate of drug-likeness (QED) is 0.797. The lowest BCUT2D eigenvalue weighted by molar-refractivity contribution is 0.00738. The van der Waals surface area contributed by atoms with Gasteiger partial charge in [0, 0.05) is 6.54 Å². The van der Waals surface area contributed by atoms with Gasteiger partial charge in [-0.25, -0.2) is 0 Å². The maximum atomic E-state index is 5.93. The molecule has 0 fully saturated rings. The van der Waals surface area contributed by atoms with Gasteiger partial charge in [0.2, 0.25) is 0 Å². The Balaban J connectivity index is 2.74. The zero-order valence-electron chi connectivity index (χ0n) is 10.8. The molecule has 0 aliphatic heterocycles. The first-order valence-corrected chi connectivity index (χ1v) is 6.06. The van der Waals surface area contributed by atoms with E-state index >= 15 is 0 Å². The molecule has 0 spiro atoms. The fourth-order valence-corrected chi connectivity index (χ4v) is 1.72. The number of aryl methyl sites for hydroxylation is 1. The van der Waals surface area contributed by atoms with E-state index in [0.717, 1.165) is 13.1 Å². The summed E-state index contributed by atoms with van der Waals surface area (Å²) in [6.07, 6.45) is 0.406. The lowest BCUT2D eigenvalue weighted by atomic mass is 10.1. The highest BCUT2D eigenvalue weighted by molar-refractivity contribution is 5.24. The predicted molar refractivity (Wildman–Crippen MR) is 68.7 cm³/mol. The normalized spacial score (nSPS) is 13.1. The van der Waals surface area contributed by atoms with Crippen molar-refractivity contribution in [3.05, 3.63) is 35.4 Å². The molecule has 0 radical (unpaired) electrons. The lowest BCUT2D eigenvalue weighted by Gasteiger charge is -2.21. The van der Waals surface area contributed by atoms with Gasteiger partial charge in [0.1, 0.15) is 0 Å². The van der Waals surface area contributed by atoms with Gasteiger partial charge in [-0.05, 0) is 32.9 Å². The third kappa shape index (κ3) is 4.33. The summed E-state index contributed by atoms with van der Waals surface area (Å²) in [4.78, 5) is 0. The van der Waals surface area contributed by atoms with Crippen molar-refractivity contribution in [1.82, 2.24) is 5.32 Å². The molecule has 1 rings (SSSR count). The Hall–Kier alpha value is -0.860. The molecule has 0 aliphatic carbocycles. The van der Waals surface area contributed by atoms with Crippen LogP contribution >= 0.6 is 0 Å². The summed E-state index contributed by atoms with van der Waals surface area (Å²) >= 11 is 0. The molecule has 16 heavy (non-hydrogen) atoms. The van der Waals surface area contributed by atoms with E-state index in [1.54, 1.807) is 0 Å². The van der Waals surface area contributed by atoms with E-state index in [0.29, 0.717) is 0 Å². The van der Waals surface area contributed by atoms with Crippen LogP contribution in [0.25, 0.3) is 0 Å². The van der Waals surface area contributed by atoms with Crippen molar-refractivity contribution in [3.63, 3.8) is 0 Å². The molecule has 0 saturated carbocycles. The molecule has 0 bridgehead atoms. The Morgan fingerprint density at radius 2 is 2.06 bits per heavy atom. The van der Waals surface area contributed by atoms with Gasteiger partial charge in [-0.3, -0.25) is 0 Å². The molecule has 1 aromatic carbocycles. The van der Waals surface area contributed by atoms with Crippen molar-refractivity contribution in [3.8, 4) is 0 Å². The van der Waals surface area contributed by atoms with Crippen molar-refractivity contribution in [2.45, 2.75) is 39.9 Å². The molecule has 0 aliphatic rings. The lowest BCUT2D eigenvalue weighted by Crippen LogP contribution is -2.25. The number of nitrogens with one attached hydrogen (secondary N) is 1. The second-order valence-electron chi connectivity index (χ2n) is 4.40. The minimum Gasteiger partial charge on any atom is -0.370 e. The Morgan fingerprint density at radius 1 is 1.31 bits per heavy atom. The average Bonchev–Trinajstić information content (AvgIpc) is 2.23. The standard InChI is InChI=1S/C14H23NO/c1-5-15-10-14(16-11(2)3)13-8-6-7-12(4)9-13/h6-9,11,14-15H,5,10H2,1-4H3. The van der Waals surface area contributed by atoms with Crippen LogP contribution in [0.5, 0.6) is 0 Å². The number of benzene rings is 1. The fraction of sp³-hybridized carbons (Fsp3) is 0.571. The Labute approximate surface area is 99.0 Å². The van der Waals surface area contributed by atoms with Crippen LogP contribution < -0.4 is 5.32 Å². The minimum atomic E-state index is 0.153. The number of hydrogen-bond donors (Lipinski definition) is 1. The first-order chi connectivity index (χ1) is 7.63. The highest BCUT2D eigenvalue weighted by Crippen LogP contribution is 2.19. The molecule has 1 aromatic rings. The van der Waals surface area contributed by atoms with Crippen LogP contribution in [-0.2, 0) is 4.74 Å². The molecule has 1 N–H and O–H groups in total. The maximum absolute atomic E-state index is 5.93. The predicted octanol–water partition coefficient (Wildman–Crippen LogP) is 3.07. The molecule has 0 heterocycles. The van der Waals surface area contributed by atoms with Crippen molar-refractivity contribution in [2.75, 3.05) is 13.1 Å². The van der Waals surface area contributed by atoms with Gasteiger partial charge >= 0.3 is 0 Å². The van der Waals surface area contributed by atoms with Crippen molar-refractivity contribution < 1.29 is 4.74 Å². The monoisotopic (exact) mass is 221 g/mol. The van der Waals surface area contributed by atoms with Crippen LogP contribution in [0.4, 0.5) is 0 Å². The van der Waals surface area contributed by atoms with Crippen molar-refractivity contribution in [2.24, 2.45) is 0 Å². The second-order valence-corrected chi connectivity index (χ2v) is 4.40. The van der Waals surface area contributed by atoms with Gasteiger partial charge in [-0.1, -0.05) is 36.8 Å². The van der Waals surface area contributed by atoms with Gasteiger partial charge in [0.25, 0.3) is 0 Å². The molecule has 0 amide bonds. The summed E-state index contributed by atoms with van der Waals surface area (Å²) in [5, 5.41) is 3.35. The molecule has 2 heteroatoms. The summed E-state index contributed by atoms with van der Waals surface area (Å²) < 4.78 is 5.93. The average molecular weight is 221 g/mol. The summed E-state index contributed by atoms with van der Waals surface area (Å²) in [5.74, 6) is 0. The summed E-state index contributed by atoms with van der Waals surface area (Å²) in [6.45, 7) is 10.2. The largest absolute Gasteiger partial charge is 0.370 e. The van der Waals surface area contributed by atoms with Gasteiger partial charge in [-0.2, -0.15) is 0 Å². The highest BCUT2D eigenvalue weighted by Gasteiger charge is 2.13. The number of ether oxygens (including phenoxy) is 1. The van der Waals surface area contributed by atoms with E-state index in [-0.39, 0.29) is 12.2 Å². The maximum Gasteiger partial charge on any atom is 0.0952 e. The smallest absolute Gasteiger partial charge is 0.0952 e. The van der Waals surface area contributed by atoms with Crippen molar-refractivity contribution >= 4 is 0 Å². The van der Waals surface area contributed by atoms with Crippen LogP contribution in [0.3, 0.4) is 0 Å². The minimum absolute atomic E-state index is 0.153. The first kappa shape index (κ1) is 13.2. The zero-order chi connectivity index (χ0) is 12.0. The van der Waals surface area contributed by atoms with Crippen LogP contribution in [0.2, 0.25) is 0 Å². The molecular formula is C14H23NO. The van der Waals surface area contributed by atoms with E-state index in [4.69, 9.17) is 4.74 Å². The van der Waals surface area contributed by atoms with E-state index in [2.05, 4.69) is 57.3 Å². The van der Waals surface area contributed by atoms with Gasteiger partial charge in [0.05, 0.1) is 12.2 Å². The molecule has 90 valence electrons. The summed E-state index contributed by atoms with van der Waals surface area (Å²) in [7, 11) is 0. The van der Waals surface area contributed by atoms with Gasteiger partial charge in [0.15, 0.2) is 0 Å². The van der Waals surface area contributed by atoms with E-state index in [9.17, 15) is 0 Å². The molecule has 1 unspecified atom stereocenters. The third-order valence-corrected chi connectivity index (χ3v) is 2.43. The number of hydrogen-bond acceptors (Lipinski definition) is 2. The Bertz CT molecular complexity index is 309. The van der Waals surface area contributed by atoms with E-state index < -0.39 is 0 Å². The van der Waals surface area contributed by atoms with E-state index in [1.807, 2.05) is 0 Å². The third-order valence-electron chi connectivity index (χ3n) is 2.43. The second kappa shape index (κ2) is 6.66. The molecule has 2 nitrogen and oxygen atoms in total. The van der Waals surface area contributed by atoms with Crippen LogP contribution in [0.15, 0.2) is 24.3 Å². The molecule has 0 aromatic heterocycles. The topological polar surface area (TPSA) is 21.3 Å². The van der Waals surface area contributed by atoms with Gasteiger partial charge < -0.3 is 10.1 Å². The number of rotatable bonds is 6. The Kier molecular flexibility index (Phi) is 5.50. The van der Waals surface area contributed by atoms with Crippen LogP contribution in [-0.4, -0.2) is 19.2 Å². The summed E-state index contributed by atoms with van der Waals surface area (Å²) in [5.41, 5.74) is 2.54. The van der Waals surface area contributed by atoms with E-state index in [1.165, 1.54) is 11.1 Å². The molecule has 1 atom stereocenters. The van der Waals surface area contributed by atoms with Crippen molar-refractivity contribution in [1.29, 1.82) is 0 Å². The first-order valence-electron chi connectivity index (χ1n) is 6.06. The van der Waals surface area contributed by atoms with Crippen LogP contribution in [0, 0.1) is 6.92 Å². The highest BCUT2D eigenvalue weighted by atomic mass is 16.5. The zero-order valence-corrected chi connectivity index (χ0v) is 10.8. The fourth-order valence-electron chi connectivity index (χ4n) is 1.72. The summed E-state index contributed by atoms with van der Waals surface area (Å²) in [6, 6.07) is 8.54. The molecule has 0 saturated heterocycles. The SMILES string of the molecule is CCNCC(OC(C)C)c1cccc(C)c1. The van der Waals surface area contributed by atoms with Gasteiger partial charge in [-0.15, -0.1) is 0 Å². The van der Waals surface area contributed by atoms with Crippen LogP contribution in [0.1, 0.15) is 38.0 Å².